The van der Waals surface area contributed by atoms with Gasteiger partial charge in [0.05, 0.1) is 17.1 Å². The Hall–Kier alpha value is -2.87. The van der Waals surface area contributed by atoms with Crippen LogP contribution in [0.25, 0.3) is 10.2 Å². The van der Waals surface area contributed by atoms with Crippen molar-refractivity contribution in [1.29, 1.82) is 0 Å². The first-order chi connectivity index (χ1) is 14.1. The lowest BCUT2D eigenvalue weighted by Gasteiger charge is -2.34. The Labute approximate surface area is 173 Å². The zero-order valence-electron chi connectivity index (χ0n) is 16.7. The van der Waals surface area contributed by atoms with Crippen molar-refractivity contribution in [3.63, 3.8) is 0 Å². The number of nitrogens with one attached hydrogen (secondary N) is 1. The first-order valence-electron chi connectivity index (χ1n) is 9.89. The van der Waals surface area contributed by atoms with Gasteiger partial charge in [-0.3, -0.25) is 9.48 Å². The summed E-state index contributed by atoms with van der Waals surface area (Å²) in [6, 6.07) is 12.1. The lowest BCUT2D eigenvalue weighted by Crippen LogP contribution is -2.53. The third kappa shape index (κ3) is 3.98. The molecule has 3 heterocycles. The van der Waals surface area contributed by atoms with Crippen LogP contribution >= 0.6 is 11.3 Å². The molecule has 0 aliphatic carbocycles. The van der Waals surface area contributed by atoms with E-state index in [4.69, 9.17) is 0 Å². The number of aromatic nitrogens is 2. The van der Waals surface area contributed by atoms with E-state index in [0.29, 0.717) is 39.3 Å². The van der Waals surface area contributed by atoms with Gasteiger partial charge in [0.1, 0.15) is 4.83 Å². The minimum atomic E-state index is -0.0573. The Kier molecular flexibility index (Phi) is 5.53. The maximum atomic E-state index is 13.0. The predicted molar refractivity (Wildman–Crippen MR) is 114 cm³/mol. The predicted octanol–water partition coefficient (Wildman–Crippen LogP) is 2.94. The van der Waals surface area contributed by atoms with Crippen LogP contribution in [0.1, 0.15) is 27.9 Å². The standard InChI is InChI=1S/C21H25N5O2S/c1-3-22-21(28)25-11-9-24(10-12-25)19(27)18-13-17-15(2)23-26(20(17)29-18)14-16-7-5-4-6-8-16/h4-8,13H,3,9-12,14H2,1-2H3,(H,22,28). The molecule has 1 N–H and O–H groups in total. The molecule has 1 aromatic carbocycles. The summed E-state index contributed by atoms with van der Waals surface area (Å²) in [6.45, 7) is 7.41. The molecule has 3 amide bonds. The van der Waals surface area contributed by atoms with Crippen molar-refractivity contribution in [3.05, 3.63) is 52.5 Å². The molecule has 4 rings (SSSR count). The smallest absolute Gasteiger partial charge is 0.317 e. The molecule has 0 unspecified atom stereocenters. The van der Waals surface area contributed by atoms with E-state index in [1.165, 1.54) is 16.9 Å². The van der Waals surface area contributed by atoms with Gasteiger partial charge >= 0.3 is 6.03 Å². The molecule has 1 aliphatic rings. The maximum Gasteiger partial charge on any atom is 0.317 e. The highest BCUT2D eigenvalue weighted by atomic mass is 32.1. The van der Waals surface area contributed by atoms with Gasteiger partial charge in [0.25, 0.3) is 5.91 Å². The summed E-state index contributed by atoms with van der Waals surface area (Å²) in [5.74, 6) is 0.0346. The summed E-state index contributed by atoms with van der Waals surface area (Å²) in [4.78, 5) is 30.4. The number of aryl methyl sites for hydroxylation is 1. The molecule has 29 heavy (non-hydrogen) atoms. The van der Waals surface area contributed by atoms with Crippen LogP contribution in [0.4, 0.5) is 4.79 Å². The van der Waals surface area contributed by atoms with E-state index in [9.17, 15) is 9.59 Å². The zero-order chi connectivity index (χ0) is 20.4. The van der Waals surface area contributed by atoms with Crippen LogP contribution in [0.3, 0.4) is 0 Å². The van der Waals surface area contributed by atoms with Crippen molar-refractivity contribution in [2.45, 2.75) is 20.4 Å². The highest BCUT2D eigenvalue weighted by Gasteiger charge is 2.26. The molecule has 0 radical (unpaired) electrons. The average molecular weight is 412 g/mol. The zero-order valence-corrected chi connectivity index (χ0v) is 17.5. The van der Waals surface area contributed by atoms with Crippen molar-refractivity contribution < 1.29 is 9.59 Å². The van der Waals surface area contributed by atoms with Gasteiger partial charge in [-0.25, -0.2) is 4.79 Å². The van der Waals surface area contributed by atoms with Crippen LogP contribution in [0.15, 0.2) is 36.4 Å². The highest BCUT2D eigenvalue weighted by molar-refractivity contribution is 7.20. The van der Waals surface area contributed by atoms with Gasteiger partial charge in [-0.15, -0.1) is 11.3 Å². The fourth-order valence-electron chi connectivity index (χ4n) is 3.61. The van der Waals surface area contributed by atoms with Gasteiger partial charge in [-0.05, 0) is 25.5 Å². The molecule has 8 heteroatoms. The van der Waals surface area contributed by atoms with E-state index in [1.54, 1.807) is 4.90 Å². The number of hydrogen-bond acceptors (Lipinski definition) is 4. The number of carbonyl (C=O) groups excluding carboxylic acids is 2. The number of hydrogen-bond donors (Lipinski definition) is 1. The Morgan fingerprint density at radius 2 is 1.79 bits per heavy atom. The molecule has 0 bridgehead atoms. The number of nitrogens with zero attached hydrogens (tertiary/aromatic N) is 4. The van der Waals surface area contributed by atoms with E-state index >= 15 is 0 Å². The van der Waals surface area contributed by atoms with Crippen LogP contribution in [-0.2, 0) is 6.54 Å². The second kappa shape index (κ2) is 8.24. The molecular weight excluding hydrogens is 386 g/mol. The Morgan fingerprint density at radius 1 is 1.10 bits per heavy atom. The topological polar surface area (TPSA) is 70.5 Å². The van der Waals surface area contributed by atoms with E-state index in [0.717, 1.165) is 20.8 Å². The summed E-state index contributed by atoms with van der Waals surface area (Å²) < 4.78 is 1.98. The molecule has 7 nitrogen and oxygen atoms in total. The summed E-state index contributed by atoms with van der Waals surface area (Å²) in [5.41, 5.74) is 2.12. The largest absolute Gasteiger partial charge is 0.338 e. The van der Waals surface area contributed by atoms with E-state index in [-0.39, 0.29) is 11.9 Å². The van der Waals surface area contributed by atoms with Gasteiger partial charge in [0.2, 0.25) is 0 Å². The number of amides is 3. The van der Waals surface area contributed by atoms with E-state index in [2.05, 4.69) is 22.5 Å². The molecule has 0 atom stereocenters. The molecule has 1 saturated heterocycles. The number of urea groups is 1. The van der Waals surface area contributed by atoms with Gasteiger partial charge in [0.15, 0.2) is 0 Å². The maximum absolute atomic E-state index is 13.0. The molecule has 3 aromatic rings. The van der Waals surface area contributed by atoms with Crippen LogP contribution < -0.4 is 5.32 Å². The van der Waals surface area contributed by atoms with Crippen LogP contribution in [0, 0.1) is 6.92 Å². The van der Waals surface area contributed by atoms with E-state index < -0.39 is 0 Å². The van der Waals surface area contributed by atoms with Crippen molar-refractivity contribution in [2.24, 2.45) is 0 Å². The molecule has 0 saturated carbocycles. The summed E-state index contributed by atoms with van der Waals surface area (Å²) in [5, 5.41) is 8.51. The number of piperazine rings is 1. The Morgan fingerprint density at radius 3 is 2.48 bits per heavy atom. The molecule has 2 aromatic heterocycles. The lowest BCUT2D eigenvalue weighted by atomic mass is 10.2. The third-order valence-corrected chi connectivity index (χ3v) is 6.31. The van der Waals surface area contributed by atoms with Gasteiger partial charge < -0.3 is 15.1 Å². The first-order valence-corrected chi connectivity index (χ1v) is 10.7. The summed E-state index contributed by atoms with van der Waals surface area (Å²) in [6.07, 6.45) is 0. The molecule has 152 valence electrons. The molecular formula is C21H25N5O2S. The number of rotatable bonds is 4. The average Bonchev–Trinajstić information content (AvgIpc) is 3.30. The van der Waals surface area contributed by atoms with Gasteiger partial charge in [-0.1, -0.05) is 30.3 Å². The lowest BCUT2D eigenvalue weighted by molar-refractivity contribution is 0.0670. The van der Waals surface area contributed by atoms with Crippen molar-refractivity contribution in [2.75, 3.05) is 32.7 Å². The van der Waals surface area contributed by atoms with Crippen LogP contribution in [0.2, 0.25) is 0 Å². The van der Waals surface area contributed by atoms with Crippen molar-refractivity contribution in [3.8, 4) is 0 Å². The van der Waals surface area contributed by atoms with Gasteiger partial charge in [0, 0.05) is 38.1 Å². The number of carbonyl (C=O) groups is 2. The first kappa shape index (κ1) is 19.4. The molecule has 1 aliphatic heterocycles. The van der Waals surface area contributed by atoms with E-state index in [1.807, 2.05) is 47.7 Å². The fraction of sp³-hybridized carbons (Fsp3) is 0.381. The second-order valence-electron chi connectivity index (χ2n) is 7.17. The quantitative estimate of drug-likeness (QED) is 0.718. The fourth-order valence-corrected chi connectivity index (χ4v) is 4.74. The monoisotopic (exact) mass is 411 g/mol. The third-order valence-electron chi connectivity index (χ3n) is 5.18. The summed E-state index contributed by atoms with van der Waals surface area (Å²) in [7, 11) is 0. The number of fused-ring (bicyclic) bond motifs is 1. The minimum Gasteiger partial charge on any atom is -0.338 e. The Bertz CT molecular complexity index is 1020. The molecule has 1 fully saturated rings. The second-order valence-corrected chi connectivity index (χ2v) is 8.20. The van der Waals surface area contributed by atoms with Crippen LogP contribution in [-0.4, -0.2) is 64.2 Å². The highest BCUT2D eigenvalue weighted by Crippen LogP contribution is 2.30. The number of benzene rings is 1. The molecule has 0 spiro atoms. The van der Waals surface area contributed by atoms with Gasteiger partial charge in [-0.2, -0.15) is 5.10 Å². The summed E-state index contributed by atoms with van der Waals surface area (Å²) >= 11 is 1.50. The van der Waals surface area contributed by atoms with Crippen molar-refractivity contribution in [1.82, 2.24) is 24.9 Å². The normalized spacial score (nSPS) is 14.4. The minimum absolute atomic E-state index is 0.0346. The van der Waals surface area contributed by atoms with Crippen molar-refractivity contribution >= 4 is 33.5 Å². The van der Waals surface area contributed by atoms with Crippen LogP contribution in [0.5, 0.6) is 0 Å². The SMILES string of the molecule is CCNC(=O)N1CCN(C(=O)c2cc3c(C)nn(Cc4ccccc4)c3s2)CC1. The Balaban J connectivity index is 1.49. The number of thiophene rings is 1.